The second-order valence-electron chi connectivity index (χ2n) is 10.6. The minimum Gasteiger partial charge on any atom is -0.329 e. The largest absolute Gasteiger partial charge is 0.347 e. The molecule has 1 unspecified atom stereocenters. The number of guanidine groups is 1. The number of aromatic amines is 1. The molecule has 0 spiro atoms. The van der Waals surface area contributed by atoms with Crippen LogP contribution in [0.4, 0.5) is 13.6 Å². The third-order valence-electron chi connectivity index (χ3n) is 6.98. The number of pyridine rings is 1. The molecule has 9 nitrogen and oxygen atoms in total. The van der Waals surface area contributed by atoms with E-state index in [9.17, 15) is 23.2 Å². The van der Waals surface area contributed by atoms with Crippen molar-refractivity contribution in [1.82, 2.24) is 20.5 Å². The van der Waals surface area contributed by atoms with Gasteiger partial charge in [-0.1, -0.05) is 44.9 Å². The highest BCUT2D eigenvalue weighted by Crippen LogP contribution is 2.24. The minimum atomic E-state index is -1.05. The van der Waals surface area contributed by atoms with Crippen LogP contribution in [0.3, 0.4) is 0 Å². The zero-order valence-electron chi connectivity index (χ0n) is 25.8. The summed E-state index contributed by atoms with van der Waals surface area (Å²) < 4.78 is 28.2. The highest BCUT2D eigenvalue weighted by atomic mass is 19.2. The van der Waals surface area contributed by atoms with Crippen molar-refractivity contribution in [1.29, 1.82) is 0 Å². The average molecular weight is 607 g/mol. The fourth-order valence-electron chi connectivity index (χ4n) is 4.84. The molecule has 0 fully saturated rings. The first-order valence-electron chi connectivity index (χ1n) is 14.7. The number of hydrogen-bond donors (Lipinski definition) is 3. The van der Waals surface area contributed by atoms with E-state index >= 15 is 0 Å². The fraction of sp³-hybridized carbons (Fsp3) is 0.364. The number of urea groups is 1. The van der Waals surface area contributed by atoms with Gasteiger partial charge in [-0.15, -0.1) is 0 Å². The van der Waals surface area contributed by atoms with Crippen LogP contribution in [0.25, 0.3) is 0 Å². The normalized spacial score (nSPS) is 15.9. The van der Waals surface area contributed by atoms with Crippen molar-refractivity contribution in [3.8, 4) is 0 Å². The van der Waals surface area contributed by atoms with E-state index in [2.05, 4.69) is 34.5 Å². The first-order chi connectivity index (χ1) is 21.1. The SMILES string of the molecule is C/C=C1/C=C(N/C(=N/C(=O)N(Cc2cc(C)c(F)c(F)c2)Cc2ccc[nH]c2=O)NC=O)C(CCC)=C/C1=N/C(C)CCC. The van der Waals surface area contributed by atoms with E-state index in [-0.39, 0.29) is 36.2 Å². The lowest BCUT2D eigenvalue weighted by Gasteiger charge is -2.23. The monoisotopic (exact) mass is 606 g/mol. The van der Waals surface area contributed by atoms with Crippen molar-refractivity contribution in [2.45, 2.75) is 79.4 Å². The van der Waals surface area contributed by atoms with E-state index in [0.29, 0.717) is 24.1 Å². The van der Waals surface area contributed by atoms with E-state index < -0.39 is 23.2 Å². The van der Waals surface area contributed by atoms with Crippen LogP contribution < -0.4 is 16.2 Å². The number of amides is 3. The molecular weight excluding hydrogens is 566 g/mol. The van der Waals surface area contributed by atoms with Gasteiger partial charge >= 0.3 is 6.03 Å². The van der Waals surface area contributed by atoms with Gasteiger partial charge in [-0.25, -0.2) is 13.6 Å². The van der Waals surface area contributed by atoms with Gasteiger partial charge in [-0.3, -0.25) is 19.9 Å². The Hall–Kier alpha value is -4.67. The summed E-state index contributed by atoms with van der Waals surface area (Å²) in [6.07, 6.45) is 11.2. The lowest BCUT2D eigenvalue weighted by Crippen LogP contribution is -2.40. The number of halogens is 2. The van der Waals surface area contributed by atoms with Crippen LogP contribution in [0.15, 0.2) is 80.3 Å². The van der Waals surface area contributed by atoms with Gasteiger partial charge in [-0.2, -0.15) is 4.99 Å². The Balaban J connectivity index is 1.99. The fourth-order valence-corrected chi connectivity index (χ4v) is 4.84. The summed E-state index contributed by atoms with van der Waals surface area (Å²) in [4.78, 5) is 50.4. The summed E-state index contributed by atoms with van der Waals surface area (Å²) >= 11 is 0. The lowest BCUT2D eigenvalue weighted by molar-refractivity contribution is -0.108. The number of H-pyrrole nitrogens is 1. The number of nitrogens with zero attached hydrogens (tertiary/aromatic N) is 3. The van der Waals surface area contributed by atoms with E-state index in [1.165, 1.54) is 24.1 Å². The summed E-state index contributed by atoms with van der Waals surface area (Å²) in [6.45, 7) is 9.23. The molecule has 0 radical (unpaired) electrons. The van der Waals surface area contributed by atoms with Gasteiger partial charge < -0.3 is 15.2 Å². The molecule has 234 valence electrons. The third-order valence-corrected chi connectivity index (χ3v) is 6.98. The first-order valence-corrected chi connectivity index (χ1v) is 14.7. The molecule has 2 aromatic rings. The number of nitrogens with one attached hydrogen (secondary N) is 3. The average Bonchev–Trinajstić information content (AvgIpc) is 2.98. The maximum Gasteiger partial charge on any atom is 0.347 e. The van der Waals surface area contributed by atoms with Crippen LogP contribution in [0, 0.1) is 18.6 Å². The summed E-state index contributed by atoms with van der Waals surface area (Å²) in [7, 11) is 0. The van der Waals surface area contributed by atoms with E-state index in [0.717, 1.165) is 42.2 Å². The molecule has 0 saturated carbocycles. The maximum absolute atomic E-state index is 14.2. The van der Waals surface area contributed by atoms with Crippen molar-refractivity contribution in [3.05, 3.63) is 104 Å². The van der Waals surface area contributed by atoms with Gasteiger partial charge in [-0.05, 0) is 80.2 Å². The summed E-state index contributed by atoms with van der Waals surface area (Å²) in [5.74, 6) is -2.16. The van der Waals surface area contributed by atoms with Crippen molar-refractivity contribution < 1.29 is 18.4 Å². The molecule has 1 aromatic heterocycles. The molecule has 3 rings (SSSR count). The topological polar surface area (TPSA) is 119 Å². The van der Waals surface area contributed by atoms with Crippen LogP contribution in [0.1, 0.15) is 70.1 Å². The molecular formula is C33H40F2N6O3. The second kappa shape index (κ2) is 16.3. The summed E-state index contributed by atoms with van der Waals surface area (Å²) in [5.41, 5.74) is 3.55. The van der Waals surface area contributed by atoms with E-state index in [1.54, 1.807) is 12.1 Å². The van der Waals surface area contributed by atoms with E-state index in [4.69, 9.17) is 4.99 Å². The lowest BCUT2D eigenvalue weighted by atomic mass is 9.94. The molecule has 0 saturated heterocycles. The zero-order chi connectivity index (χ0) is 32.2. The second-order valence-corrected chi connectivity index (χ2v) is 10.6. The molecule has 1 heterocycles. The van der Waals surface area contributed by atoms with Gasteiger partial charge in [0.25, 0.3) is 5.56 Å². The Kier molecular flexibility index (Phi) is 12.5. The molecule has 3 N–H and O–H groups in total. The van der Waals surface area contributed by atoms with Gasteiger partial charge in [0.15, 0.2) is 11.6 Å². The van der Waals surface area contributed by atoms with Crippen LogP contribution in [0.2, 0.25) is 0 Å². The molecule has 3 amide bonds. The minimum absolute atomic E-state index is 0.0738. The standard InChI is InChI=1S/C33H40F2N6O3/c1-6-10-22(5)38-28-17-25(11-7-2)29(16-24(28)8-3)39-32(37-20-42)40-33(44)41(19-26-12-9-13-36-31(26)43)18-23-14-21(4)30(35)27(34)15-23/h8-9,12-17,20,22H,6-7,10-11,18-19H2,1-5H3,(H,36,43)(H2,37,39,40,42,44)/b24-8-,38-28-. The van der Waals surface area contributed by atoms with Crippen molar-refractivity contribution in [3.63, 3.8) is 0 Å². The highest BCUT2D eigenvalue weighted by molar-refractivity contribution is 6.13. The Morgan fingerprint density at radius 3 is 2.57 bits per heavy atom. The van der Waals surface area contributed by atoms with Crippen LogP contribution in [-0.4, -0.2) is 40.0 Å². The van der Waals surface area contributed by atoms with Gasteiger partial charge in [0.2, 0.25) is 12.4 Å². The van der Waals surface area contributed by atoms with Gasteiger partial charge in [0.05, 0.1) is 12.3 Å². The summed E-state index contributed by atoms with van der Waals surface area (Å²) in [5, 5.41) is 5.54. The molecule has 0 aliphatic heterocycles. The Bertz CT molecular complexity index is 1550. The number of aryl methyl sites for hydroxylation is 1. The molecule has 1 atom stereocenters. The maximum atomic E-state index is 14.2. The molecule has 44 heavy (non-hydrogen) atoms. The zero-order valence-corrected chi connectivity index (χ0v) is 25.8. The Labute approximate surface area is 256 Å². The van der Waals surface area contributed by atoms with Crippen molar-refractivity contribution >= 4 is 24.1 Å². The Morgan fingerprint density at radius 1 is 1.16 bits per heavy atom. The third kappa shape index (κ3) is 9.16. The molecule has 1 aliphatic carbocycles. The highest BCUT2D eigenvalue weighted by Gasteiger charge is 2.21. The van der Waals surface area contributed by atoms with Crippen LogP contribution in [0.5, 0.6) is 0 Å². The van der Waals surface area contributed by atoms with Crippen molar-refractivity contribution in [2.24, 2.45) is 9.98 Å². The van der Waals surface area contributed by atoms with Crippen LogP contribution >= 0.6 is 0 Å². The smallest absolute Gasteiger partial charge is 0.329 e. The Morgan fingerprint density at radius 2 is 1.93 bits per heavy atom. The van der Waals surface area contributed by atoms with Gasteiger partial charge in [0, 0.05) is 30.0 Å². The molecule has 1 aromatic carbocycles. The molecule has 0 bridgehead atoms. The predicted octanol–water partition coefficient (Wildman–Crippen LogP) is 5.98. The molecule has 1 aliphatic rings. The number of carbonyl (C=O) groups excluding carboxylic acids is 2. The van der Waals surface area contributed by atoms with Gasteiger partial charge in [0.1, 0.15) is 0 Å². The number of aromatic nitrogens is 1. The van der Waals surface area contributed by atoms with Crippen LogP contribution in [-0.2, 0) is 17.9 Å². The molecule has 11 heteroatoms. The quantitative estimate of drug-likeness (QED) is 0.166. The number of aliphatic imine (C=N–C) groups is 2. The number of benzene rings is 1. The van der Waals surface area contributed by atoms with Crippen molar-refractivity contribution in [2.75, 3.05) is 0 Å². The summed E-state index contributed by atoms with van der Waals surface area (Å²) in [6, 6.07) is 4.93. The number of allylic oxidation sites excluding steroid dienone is 5. The van der Waals surface area contributed by atoms with E-state index in [1.807, 2.05) is 32.1 Å². The number of carbonyl (C=O) groups is 2. The number of hydrogen-bond acceptors (Lipinski definition) is 4. The predicted molar refractivity (Wildman–Crippen MR) is 169 cm³/mol. The number of rotatable bonds is 11. The first kappa shape index (κ1) is 33.8.